The van der Waals surface area contributed by atoms with Crippen LogP contribution in [0.1, 0.15) is 24.8 Å². The van der Waals surface area contributed by atoms with E-state index in [0.29, 0.717) is 5.91 Å². The van der Waals surface area contributed by atoms with E-state index >= 15 is 0 Å². The van der Waals surface area contributed by atoms with Crippen LogP contribution in [0.5, 0.6) is 0 Å². The number of piperidine rings is 1. The van der Waals surface area contributed by atoms with Crippen LogP contribution in [-0.4, -0.2) is 59.5 Å². The number of nitrogens with one attached hydrogen (secondary N) is 1. The van der Waals surface area contributed by atoms with Gasteiger partial charge in [0.05, 0.1) is 6.04 Å². The highest BCUT2D eigenvalue weighted by Crippen LogP contribution is 2.13. The van der Waals surface area contributed by atoms with E-state index in [9.17, 15) is 4.79 Å². The molecule has 3 heterocycles. The van der Waals surface area contributed by atoms with Crippen LogP contribution in [0.2, 0.25) is 0 Å². The molecule has 1 aromatic rings. The van der Waals surface area contributed by atoms with Gasteiger partial charge < -0.3 is 10.2 Å². The monoisotopic (exact) mass is 324 g/mol. The molecule has 0 saturated carbocycles. The minimum Gasteiger partial charge on any atom is -0.339 e. The maximum atomic E-state index is 12.5. The van der Waals surface area contributed by atoms with E-state index in [1.807, 2.05) is 17.2 Å². The normalized spacial score (nSPS) is 22.9. The first-order chi connectivity index (χ1) is 10.3. The summed E-state index contributed by atoms with van der Waals surface area (Å²) in [6, 6.07) is 4.14. The van der Waals surface area contributed by atoms with Crippen LogP contribution in [0.4, 0.5) is 0 Å². The van der Waals surface area contributed by atoms with E-state index in [0.717, 1.165) is 45.7 Å². The van der Waals surface area contributed by atoms with Crippen molar-refractivity contribution in [2.24, 2.45) is 0 Å². The SMILES string of the molecule is Cl.O=C(C1CCCCN1)N1CCN(Cc2cccnc2)CC1. The number of piperazine rings is 1. The van der Waals surface area contributed by atoms with Crippen molar-refractivity contribution in [1.29, 1.82) is 0 Å². The highest BCUT2D eigenvalue weighted by Gasteiger charge is 2.28. The van der Waals surface area contributed by atoms with Gasteiger partial charge in [-0.15, -0.1) is 12.4 Å². The molecule has 2 aliphatic heterocycles. The molecule has 0 radical (unpaired) electrons. The second kappa shape index (κ2) is 8.46. The number of carbonyl (C=O) groups is 1. The Morgan fingerprint density at radius 3 is 2.73 bits per heavy atom. The molecular formula is C16H25ClN4O. The van der Waals surface area contributed by atoms with Crippen molar-refractivity contribution >= 4 is 18.3 Å². The molecule has 1 N–H and O–H groups in total. The number of rotatable bonds is 3. The second-order valence-corrected chi connectivity index (χ2v) is 5.97. The van der Waals surface area contributed by atoms with Gasteiger partial charge in [-0.3, -0.25) is 14.7 Å². The predicted molar refractivity (Wildman–Crippen MR) is 89.0 cm³/mol. The lowest BCUT2D eigenvalue weighted by Gasteiger charge is -2.37. The topological polar surface area (TPSA) is 48.5 Å². The van der Waals surface area contributed by atoms with Gasteiger partial charge in [0.1, 0.15) is 0 Å². The van der Waals surface area contributed by atoms with Gasteiger partial charge in [-0.25, -0.2) is 0 Å². The third kappa shape index (κ3) is 4.41. The van der Waals surface area contributed by atoms with Crippen molar-refractivity contribution in [2.75, 3.05) is 32.7 Å². The molecular weight excluding hydrogens is 300 g/mol. The Balaban J connectivity index is 0.00000176. The van der Waals surface area contributed by atoms with Gasteiger partial charge in [0.2, 0.25) is 5.91 Å². The highest BCUT2D eigenvalue weighted by atomic mass is 35.5. The van der Waals surface area contributed by atoms with Crippen LogP contribution in [0.25, 0.3) is 0 Å². The van der Waals surface area contributed by atoms with Gasteiger partial charge in [0, 0.05) is 45.1 Å². The Labute approximate surface area is 138 Å². The van der Waals surface area contributed by atoms with Gasteiger partial charge in [0.15, 0.2) is 0 Å². The van der Waals surface area contributed by atoms with Crippen molar-refractivity contribution in [2.45, 2.75) is 31.8 Å². The van der Waals surface area contributed by atoms with Gasteiger partial charge in [-0.1, -0.05) is 12.5 Å². The first-order valence-electron chi connectivity index (χ1n) is 7.96. The van der Waals surface area contributed by atoms with E-state index in [1.54, 1.807) is 6.20 Å². The van der Waals surface area contributed by atoms with Gasteiger partial charge in [0.25, 0.3) is 0 Å². The van der Waals surface area contributed by atoms with Crippen molar-refractivity contribution in [3.8, 4) is 0 Å². The maximum absolute atomic E-state index is 12.5. The summed E-state index contributed by atoms with van der Waals surface area (Å²) in [5.74, 6) is 0.302. The lowest BCUT2D eigenvalue weighted by atomic mass is 10.0. The van der Waals surface area contributed by atoms with E-state index in [2.05, 4.69) is 21.3 Å². The summed E-state index contributed by atoms with van der Waals surface area (Å²) < 4.78 is 0. The van der Waals surface area contributed by atoms with Crippen molar-refractivity contribution < 1.29 is 4.79 Å². The van der Waals surface area contributed by atoms with Crippen LogP contribution < -0.4 is 5.32 Å². The zero-order valence-electron chi connectivity index (χ0n) is 12.9. The predicted octanol–water partition coefficient (Wildman–Crippen LogP) is 1.29. The molecule has 0 aromatic carbocycles. The molecule has 2 fully saturated rings. The number of aromatic nitrogens is 1. The largest absolute Gasteiger partial charge is 0.339 e. The fourth-order valence-electron chi connectivity index (χ4n) is 3.16. The molecule has 1 atom stereocenters. The molecule has 6 heteroatoms. The fraction of sp³-hybridized carbons (Fsp3) is 0.625. The van der Waals surface area contributed by atoms with Crippen molar-refractivity contribution in [3.05, 3.63) is 30.1 Å². The Kier molecular flexibility index (Phi) is 6.61. The zero-order chi connectivity index (χ0) is 14.5. The lowest BCUT2D eigenvalue weighted by Crippen LogP contribution is -2.54. The summed E-state index contributed by atoms with van der Waals surface area (Å²) in [4.78, 5) is 21.0. The van der Waals surface area contributed by atoms with E-state index in [-0.39, 0.29) is 18.4 Å². The molecule has 0 aliphatic carbocycles. The van der Waals surface area contributed by atoms with Crippen LogP contribution >= 0.6 is 12.4 Å². The third-order valence-electron chi connectivity index (χ3n) is 4.42. The molecule has 122 valence electrons. The first-order valence-corrected chi connectivity index (χ1v) is 7.96. The molecule has 2 saturated heterocycles. The molecule has 1 amide bonds. The van der Waals surface area contributed by atoms with E-state index < -0.39 is 0 Å². The quantitative estimate of drug-likeness (QED) is 0.910. The van der Waals surface area contributed by atoms with Crippen LogP contribution in [0, 0.1) is 0 Å². The zero-order valence-corrected chi connectivity index (χ0v) is 13.7. The molecule has 5 nitrogen and oxygen atoms in total. The first kappa shape index (κ1) is 17.2. The lowest BCUT2D eigenvalue weighted by molar-refractivity contribution is -0.135. The average Bonchev–Trinajstić information content (AvgIpc) is 2.57. The number of amides is 1. The minimum absolute atomic E-state index is 0. The van der Waals surface area contributed by atoms with Gasteiger partial charge in [-0.05, 0) is 31.0 Å². The molecule has 2 aliphatic rings. The molecule has 0 spiro atoms. The highest BCUT2D eigenvalue weighted by molar-refractivity contribution is 5.85. The molecule has 1 unspecified atom stereocenters. The Bertz CT molecular complexity index is 456. The number of nitrogens with zero attached hydrogens (tertiary/aromatic N) is 3. The van der Waals surface area contributed by atoms with Crippen LogP contribution in [0.15, 0.2) is 24.5 Å². The summed E-state index contributed by atoms with van der Waals surface area (Å²) in [5, 5.41) is 3.35. The summed E-state index contributed by atoms with van der Waals surface area (Å²) in [5.41, 5.74) is 1.24. The number of hydrogen-bond acceptors (Lipinski definition) is 4. The second-order valence-electron chi connectivity index (χ2n) is 5.97. The molecule has 1 aromatic heterocycles. The molecule has 22 heavy (non-hydrogen) atoms. The van der Waals surface area contributed by atoms with Gasteiger partial charge in [-0.2, -0.15) is 0 Å². The molecule has 0 bridgehead atoms. The number of halogens is 1. The number of hydrogen-bond donors (Lipinski definition) is 1. The standard InChI is InChI=1S/C16H24N4O.ClH/c21-16(15-5-1-2-7-18-15)20-10-8-19(9-11-20)13-14-4-3-6-17-12-14;/h3-4,6,12,15,18H,1-2,5,7-11,13H2;1H. The summed E-state index contributed by atoms with van der Waals surface area (Å²) in [6.45, 7) is 5.50. The van der Waals surface area contributed by atoms with Crippen molar-refractivity contribution in [3.63, 3.8) is 0 Å². The van der Waals surface area contributed by atoms with Gasteiger partial charge >= 0.3 is 0 Å². The molecule has 3 rings (SSSR count). The smallest absolute Gasteiger partial charge is 0.239 e. The Morgan fingerprint density at radius 2 is 2.09 bits per heavy atom. The van der Waals surface area contributed by atoms with E-state index in [1.165, 1.54) is 18.4 Å². The summed E-state index contributed by atoms with van der Waals surface area (Å²) in [6.07, 6.45) is 7.09. The minimum atomic E-state index is 0. The Hall–Kier alpha value is -1.17. The fourth-order valence-corrected chi connectivity index (χ4v) is 3.16. The van der Waals surface area contributed by atoms with Crippen LogP contribution in [-0.2, 0) is 11.3 Å². The average molecular weight is 325 g/mol. The number of carbonyl (C=O) groups excluding carboxylic acids is 1. The van der Waals surface area contributed by atoms with E-state index in [4.69, 9.17) is 0 Å². The Morgan fingerprint density at radius 1 is 1.27 bits per heavy atom. The summed E-state index contributed by atoms with van der Waals surface area (Å²) >= 11 is 0. The number of pyridine rings is 1. The van der Waals surface area contributed by atoms with Crippen LogP contribution in [0.3, 0.4) is 0 Å². The maximum Gasteiger partial charge on any atom is 0.239 e. The summed E-state index contributed by atoms with van der Waals surface area (Å²) in [7, 11) is 0. The third-order valence-corrected chi connectivity index (χ3v) is 4.42. The van der Waals surface area contributed by atoms with Crippen molar-refractivity contribution in [1.82, 2.24) is 20.1 Å².